The number of hydrogen-bond donors (Lipinski definition) is 2. The van der Waals surface area contributed by atoms with E-state index in [1.807, 2.05) is 5.38 Å². The van der Waals surface area contributed by atoms with Crippen molar-refractivity contribution in [3.05, 3.63) is 11.1 Å². The Morgan fingerprint density at radius 3 is 2.83 bits per heavy atom. The summed E-state index contributed by atoms with van der Waals surface area (Å²) in [4.78, 5) is 30.0. The molecule has 1 aromatic rings. The molecule has 0 bridgehead atoms. The third kappa shape index (κ3) is 4.81. The summed E-state index contributed by atoms with van der Waals surface area (Å²) in [5.41, 5.74) is 6.47. The monoisotopic (exact) mass is 394 g/mol. The van der Waals surface area contributed by atoms with Crippen molar-refractivity contribution in [3.8, 4) is 0 Å². The third-order valence-electron chi connectivity index (χ3n) is 4.49. The van der Waals surface area contributed by atoms with Gasteiger partial charge in [-0.15, -0.1) is 36.2 Å². The molecule has 2 fully saturated rings. The van der Waals surface area contributed by atoms with Gasteiger partial charge in [0.25, 0.3) is 0 Å². The molecule has 1 saturated carbocycles. The molecule has 2 heterocycles. The summed E-state index contributed by atoms with van der Waals surface area (Å²) in [6.07, 6.45) is 4.99. The first kappa shape index (κ1) is 21.2. The van der Waals surface area contributed by atoms with Crippen LogP contribution in [0.4, 0.5) is 5.13 Å². The normalized spacial score (nSPS) is 22.9. The van der Waals surface area contributed by atoms with E-state index < -0.39 is 0 Å². The van der Waals surface area contributed by atoms with Gasteiger partial charge in [-0.05, 0) is 31.7 Å². The van der Waals surface area contributed by atoms with Gasteiger partial charge in [0.15, 0.2) is 5.13 Å². The number of nitrogens with zero attached hydrogens (tertiary/aromatic N) is 2. The van der Waals surface area contributed by atoms with E-state index in [0.717, 1.165) is 37.9 Å². The SMILES string of the molecule is Cl.Cl.NCC1CCCC1NC(=O)Cc1csc(N2CCCC2=O)n1. The lowest BCUT2D eigenvalue weighted by Gasteiger charge is -2.19. The fourth-order valence-corrected chi connectivity index (χ4v) is 4.15. The highest BCUT2D eigenvalue weighted by molar-refractivity contribution is 7.14. The van der Waals surface area contributed by atoms with Crippen molar-refractivity contribution in [1.82, 2.24) is 10.3 Å². The van der Waals surface area contributed by atoms with Crippen molar-refractivity contribution in [1.29, 1.82) is 0 Å². The molecule has 2 amide bonds. The Hall–Kier alpha value is -0.890. The molecule has 0 radical (unpaired) electrons. The quantitative estimate of drug-likeness (QED) is 0.797. The van der Waals surface area contributed by atoms with Gasteiger partial charge in [-0.25, -0.2) is 4.98 Å². The molecule has 136 valence electrons. The van der Waals surface area contributed by atoms with Crippen LogP contribution in [-0.4, -0.2) is 35.9 Å². The summed E-state index contributed by atoms with van der Waals surface area (Å²) in [5.74, 6) is 0.522. The number of halogens is 2. The lowest BCUT2D eigenvalue weighted by atomic mass is 10.0. The fourth-order valence-electron chi connectivity index (χ4n) is 3.28. The highest BCUT2D eigenvalue weighted by Gasteiger charge is 2.28. The maximum Gasteiger partial charge on any atom is 0.228 e. The Kier molecular flexibility index (Phi) is 8.42. The summed E-state index contributed by atoms with van der Waals surface area (Å²) in [6, 6.07) is 0.204. The third-order valence-corrected chi connectivity index (χ3v) is 5.41. The molecule has 1 aliphatic carbocycles. The highest BCUT2D eigenvalue weighted by Crippen LogP contribution is 2.26. The number of carbonyl (C=O) groups excluding carboxylic acids is 2. The minimum Gasteiger partial charge on any atom is -0.353 e. The smallest absolute Gasteiger partial charge is 0.228 e. The van der Waals surface area contributed by atoms with Crippen LogP contribution < -0.4 is 16.0 Å². The molecule has 2 atom stereocenters. The number of rotatable bonds is 5. The second kappa shape index (κ2) is 9.56. The van der Waals surface area contributed by atoms with Crippen LogP contribution in [0.1, 0.15) is 37.8 Å². The van der Waals surface area contributed by atoms with Crippen LogP contribution in [0.3, 0.4) is 0 Å². The predicted octanol–water partition coefficient (Wildman–Crippen LogP) is 1.90. The van der Waals surface area contributed by atoms with E-state index in [1.165, 1.54) is 11.3 Å². The van der Waals surface area contributed by atoms with Gasteiger partial charge < -0.3 is 11.1 Å². The van der Waals surface area contributed by atoms with Crippen LogP contribution in [0.2, 0.25) is 0 Å². The standard InChI is InChI=1S/C15H22N4O2S.2ClH/c16-8-10-3-1-4-12(10)18-13(20)7-11-9-22-15(17-11)19-6-2-5-14(19)21;;/h9-10,12H,1-8,16H2,(H,18,20);2*1H. The molecule has 1 aromatic heterocycles. The molecule has 9 heteroatoms. The van der Waals surface area contributed by atoms with E-state index in [4.69, 9.17) is 5.73 Å². The summed E-state index contributed by atoms with van der Waals surface area (Å²) >= 11 is 1.43. The first-order valence-corrected chi connectivity index (χ1v) is 8.79. The first-order valence-electron chi connectivity index (χ1n) is 7.91. The van der Waals surface area contributed by atoms with Crippen molar-refractivity contribution >= 4 is 53.1 Å². The lowest BCUT2D eigenvalue weighted by Crippen LogP contribution is -2.40. The average molecular weight is 395 g/mol. The molecule has 2 aliphatic rings. The molecule has 3 N–H and O–H groups in total. The van der Waals surface area contributed by atoms with Gasteiger partial charge in [-0.2, -0.15) is 0 Å². The molecule has 1 aliphatic heterocycles. The van der Waals surface area contributed by atoms with E-state index >= 15 is 0 Å². The van der Waals surface area contributed by atoms with Crippen LogP contribution in [0.25, 0.3) is 0 Å². The molecule has 1 saturated heterocycles. The fraction of sp³-hybridized carbons (Fsp3) is 0.667. The number of anilines is 1. The number of thiazole rings is 1. The first-order chi connectivity index (χ1) is 10.7. The average Bonchev–Trinajstić information content (AvgIpc) is 3.19. The van der Waals surface area contributed by atoms with E-state index in [-0.39, 0.29) is 49.1 Å². The van der Waals surface area contributed by atoms with Crippen LogP contribution in [0.15, 0.2) is 5.38 Å². The zero-order valence-electron chi connectivity index (χ0n) is 13.4. The van der Waals surface area contributed by atoms with Crippen molar-refractivity contribution in [2.45, 2.75) is 44.6 Å². The van der Waals surface area contributed by atoms with Gasteiger partial charge >= 0.3 is 0 Å². The summed E-state index contributed by atoms with van der Waals surface area (Å²) < 4.78 is 0. The Labute approximate surface area is 158 Å². The molecule has 3 rings (SSSR count). The molecular formula is C15H24Cl2N4O2S. The second-order valence-corrected chi connectivity index (χ2v) is 6.88. The summed E-state index contributed by atoms with van der Waals surface area (Å²) in [5, 5.41) is 5.67. The second-order valence-electron chi connectivity index (χ2n) is 6.05. The summed E-state index contributed by atoms with van der Waals surface area (Å²) in [7, 11) is 0. The molecule has 6 nitrogen and oxygen atoms in total. The Morgan fingerprint density at radius 2 is 2.17 bits per heavy atom. The maximum absolute atomic E-state index is 12.2. The zero-order chi connectivity index (χ0) is 15.5. The minimum atomic E-state index is -0.00468. The van der Waals surface area contributed by atoms with E-state index in [9.17, 15) is 9.59 Å². The van der Waals surface area contributed by atoms with Gasteiger partial charge in [0.1, 0.15) is 0 Å². The van der Waals surface area contributed by atoms with Crippen molar-refractivity contribution in [2.24, 2.45) is 11.7 Å². The van der Waals surface area contributed by atoms with Gasteiger partial charge in [-0.1, -0.05) is 6.42 Å². The minimum absolute atomic E-state index is 0. The number of hydrogen-bond acceptors (Lipinski definition) is 5. The van der Waals surface area contributed by atoms with Crippen LogP contribution >= 0.6 is 36.2 Å². The van der Waals surface area contributed by atoms with E-state index in [2.05, 4.69) is 10.3 Å². The lowest BCUT2D eigenvalue weighted by molar-refractivity contribution is -0.121. The number of amides is 2. The van der Waals surface area contributed by atoms with Crippen LogP contribution in [0, 0.1) is 5.92 Å². The van der Waals surface area contributed by atoms with E-state index in [1.54, 1.807) is 4.90 Å². The number of nitrogens with one attached hydrogen (secondary N) is 1. The van der Waals surface area contributed by atoms with Gasteiger partial charge in [0, 0.05) is 24.4 Å². The topological polar surface area (TPSA) is 88.3 Å². The molecule has 2 unspecified atom stereocenters. The molecule has 24 heavy (non-hydrogen) atoms. The Bertz CT molecular complexity index is 569. The Morgan fingerprint density at radius 1 is 1.38 bits per heavy atom. The molecular weight excluding hydrogens is 371 g/mol. The maximum atomic E-state index is 12.2. The van der Waals surface area contributed by atoms with Gasteiger partial charge in [0.2, 0.25) is 11.8 Å². The molecule has 0 aromatic carbocycles. The van der Waals surface area contributed by atoms with Gasteiger partial charge in [0.05, 0.1) is 12.1 Å². The zero-order valence-corrected chi connectivity index (χ0v) is 15.9. The highest BCUT2D eigenvalue weighted by atomic mass is 35.5. The van der Waals surface area contributed by atoms with Gasteiger partial charge in [-0.3, -0.25) is 14.5 Å². The number of carbonyl (C=O) groups is 2. The number of nitrogens with two attached hydrogens (primary N) is 1. The van der Waals surface area contributed by atoms with Crippen LogP contribution in [0.5, 0.6) is 0 Å². The number of aromatic nitrogens is 1. The van der Waals surface area contributed by atoms with Crippen molar-refractivity contribution in [3.63, 3.8) is 0 Å². The van der Waals surface area contributed by atoms with Crippen LogP contribution in [-0.2, 0) is 16.0 Å². The van der Waals surface area contributed by atoms with E-state index in [0.29, 0.717) is 24.0 Å². The van der Waals surface area contributed by atoms with Crippen molar-refractivity contribution < 1.29 is 9.59 Å². The Balaban J connectivity index is 0.00000144. The largest absolute Gasteiger partial charge is 0.353 e. The summed E-state index contributed by atoms with van der Waals surface area (Å²) in [6.45, 7) is 1.36. The molecule has 0 spiro atoms. The predicted molar refractivity (Wildman–Crippen MR) is 100 cm³/mol. The van der Waals surface area contributed by atoms with Crippen molar-refractivity contribution in [2.75, 3.05) is 18.0 Å².